The first-order valence-corrected chi connectivity index (χ1v) is 10.8. The van der Waals surface area contributed by atoms with Crippen LogP contribution in [0.15, 0.2) is 49.1 Å². The molecule has 0 spiro atoms. The zero-order valence-electron chi connectivity index (χ0n) is 18.7. The van der Waals surface area contributed by atoms with E-state index in [4.69, 9.17) is 10.5 Å². The number of benzene rings is 1. The van der Waals surface area contributed by atoms with Crippen molar-refractivity contribution >= 4 is 25.3 Å². The SMILES string of the molecule is CCCC[C@@H](CCO)Nc1nc(N)ncc1OCc1cncn1[C@@H](C)c1ccccc1.S. The van der Waals surface area contributed by atoms with Crippen molar-refractivity contribution in [3.8, 4) is 5.75 Å². The molecule has 0 fully saturated rings. The third-order valence-corrected chi connectivity index (χ3v) is 5.32. The summed E-state index contributed by atoms with van der Waals surface area (Å²) in [6.45, 7) is 4.70. The highest BCUT2D eigenvalue weighted by Gasteiger charge is 2.16. The lowest BCUT2D eigenvalue weighted by Gasteiger charge is -2.21. The molecule has 0 amide bonds. The number of nitrogens with one attached hydrogen (secondary N) is 1. The molecule has 174 valence electrons. The molecule has 3 rings (SSSR count). The molecule has 0 saturated heterocycles. The minimum Gasteiger partial charge on any atom is -0.482 e. The van der Waals surface area contributed by atoms with Crippen LogP contribution < -0.4 is 15.8 Å². The highest BCUT2D eigenvalue weighted by Crippen LogP contribution is 2.26. The summed E-state index contributed by atoms with van der Waals surface area (Å²) >= 11 is 0. The quantitative estimate of drug-likeness (QED) is 0.377. The van der Waals surface area contributed by atoms with E-state index in [1.807, 2.05) is 24.5 Å². The van der Waals surface area contributed by atoms with Crippen LogP contribution in [-0.2, 0) is 6.61 Å². The van der Waals surface area contributed by atoms with Gasteiger partial charge >= 0.3 is 0 Å². The molecule has 2 aromatic heterocycles. The van der Waals surface area contributed by atoms with Crippen molar-refractivity contribution in [1.29, 1.82) is 0 Å². The Bertz CT molecular complexity index is 937. The van der Waals surface area contributed by atoms with E-state index in [0.717, 1.165) is 25.0 Å². The molecular weight excluding hydrogens is 424 g/mol. The summed E-state index contributed by atoms with van der Waals surface area (Å²) in [5, 5.41) is 12.8. The zero-order chi connectivity index (χ0) is 22.1. The Morgan fingerprint density at radius 1 is 1.19 bits per heavy atom. The Labute approximate surface area is 196 Å². The normalized spacial score (nSPS) is 12.6. The molecule has 0 aliphatic heterocycles. The highest BCUT2D eigenvalue weighted by atomic mass is 32.1. The van der Waals surface area contributed by atoms with Gasteiger partial charge < -0.3 is 25.5 Å². The van der Waals surface area contributed by atoms with Gasteiger partial charge in [0.1, 0.15) is 6.61 Å². The first-order chi connectivity index (χ1) is 15.1. The Balaban J connectivity index is 0.00000363. The number of hydrogen-bond donors (Lipinski definition) is 3. The van der Waals surface area contributed by atoms with Crippen LogP contribution in [0, 0.1) is 0 Å². The third kappa shape index (κ3) is 6.86. The fraction of sp³-hybridized carbons (Fsp3) is 0.435. The molecule has 4 N–H and O–H groups in total. The Hall–Kier alpha value is -2.78. The van der Waals surface area contributed by atoms with Gasteiger partial charge in [0, 0.05) is 12.6 Å². The van der Waals surface area contributed by atoms with Gasteiger partial charge in [0.05, 0.1) is 30.5 Å². The van der Waals surface area contributed by atoms with Crippen molar-refractivity contribution in [1.82, 2.24) is 19.5 Å². The molecule has 3 aromatic rings. The molecule has 32 heavy (non-hydrogen) atoms. The molecule has 0 aliphatic rings. The van der Waals surface area contributed by atoms with Gasteiger partial charge in [-0.2, -0.15) is 18.5 Å². The number of nitrogen functional groups attached to an aromatic ring is 1. The summed E-state index contributed by atoms with van der Waals surface area (Å²) in [4.78, 5) is 12.7. The maximum Gasteiger partial charge on any atom is 0.222 e. The average Bonchev–Trinajstić information content (AvgIpc) is 3.26. The largest absolute Gasteiger partial charge is 0.482 e. The molecular formula is C23H34N6O2S. The van der Waals surface area contributed by atoms with E-state index in [9.17, 15) is 5.11 Å². The van der Waals surface area contributed by atoms with Crippen LogP contribution in [-0.4, -0.2) is 37.3 Å². The van der Waals surface area contributed by atoms with Crippen molar-refractivity contribution in [2.45, 2.75) is 58.2 Å². The van der Waals surface area contributed by atoms with Crippen molar-refractivity contribution in [2.24, 2.45) is 0 Å². The van der Waals surface area contributed by atoms with Crippen molar-refractivity contribution in [3.05, 3.63) is 60.3 Å². The van der Waals surface area contributed by atoms with Crippen molar-refractivity contribution < 1.29 is 9.84 Å². The molecule has 0 radical (unpaired) electrons. The van der Waals surface area contributed by atoms with Crippen LogP contribution in [0.5, 0.6) is 5.75 Å². The predicted octanol–water partition coefficient (Wildman–Crippen LogP) is 3.91. The van der Waals surface area contributed by atoms with Crippen LogP contribution in [0.1, 0.15) is 56.8 Å². The van der Waals surface area contributed by atoms with Crippen molar-refractivity contribution in [3.63, 3.8) is 0 Å². The summed E-state index contributed by atoms with van der Waals surface area (Å²) in [6, 6.07) is 10.5. The highest BCUT2D eigenvalue weighted by molar-refractivity contribution is 7.59. The number of nitrogens with two attached hydrogens (primary N) is 1. The smallest absolute Gasteiger partial charge is 0.222 e. The number of aromatic nitrogens is 4. The molecule has 2 heterocycles. The summed E-state index contributed by atoms with van der Waals surface area (Å²) < 4.78 is 8.17. The maximum absolute atomic E-state index is 9.40. The van der Waals surface area contributed by atoms with Gasteiger partial charge in [0.25, 0.3) is 0 Å². The lowest BCUT2D eigenvalue weighted by Crippen LogP contribution is -2.22. The predicted molar refractivity (Wildman–Crippen MR) is 132 cm³/mol. The molecule has 2 atom stereocenters. The zero-order valence-corrected chi connectivity index (χ0v) is 19.7. The second-order valence-corrected chi connectivity index (χ2v) is 7.60. The fourth-order valence-electron chi connectivity index (χ4n) is 3.52. The van der Waals surface area contributed by atoms with E-state index in [1.54, 1.807) is 12.4 Å². The number of aliphatic hydroxyl groups is 1. The average molecular weight is 459 g/mol. The van der Waals surface area contributed by atoms with E-state index in [2.05, 4.69) is 50.8 Å². The minimum absolute atomic E-state index is 0. The number of imidazole rings is 1. The second-order valence-electron chi connectivity index (χ2n) is 7.60. The molecule has 0 aliphatic carbocycles. The Morgan fingerprint density at radius 2 is 1.97 bits per heavy atom. The lowest BCUT2D eigenvalue weighted by atomic mass is 10.1. The number of ether oxygens (including phenoxy) is 1. The third-order valence-electron chi connectivity index (χ3n) is 5.32. The first kappa shape index (κ1) is 25.5. The van der Waals surface area contributed by atoms with E-state index in [0.29, 0.717) is 24.6 Å². The molecule has 0 bridgehead atoms. The van der Waals surface area contributed by atoms with Gasteiger partial charge in [-0.25, -0.2) is 9.97 Å². The minimum atomic E-state index is 0. The van der Waals surface area contributed by atoms with Crippen LogP contribution in [0.4, 0.5) is 11.8 Å². The number of hydrogen-bond acceptors (Lipinski definition) is 7. The van der Waals surface area contributed by atoms with Crippen LogP contribution in [0.3, 0.4) is 0 Å². The van der Waals surface area contributed by atoms with Crippen LogP contribution in [0.2, 0.25) is 0 Å². The van der Waals surface area contributed by atoms with Gasteiger partial charge in [0.2, 0.25) is 5.95 Å². The molecule has 9 heteroatoms. The van der Waals surface area contributed by atoms with E-state index >= 15 is 0 Å². The standard InChI is InChI=1S/C23H32N6O2.H2S/c1-3-4-10-19(11-12-30)27-22-21(14-26-23(24)28-22)31-15-20-13-25-16-29(20)17(2)18-8-6-5-7-9-18;/h5-9,13-14,16-17,19,30H,3-4,10-12,15H2,1-2H3,(H3,24,26,27,28);1H2/t17-,19-;/m0./s1. The number of aliphatic hydroxyl groups excluding tert-OH is 1. The summed E-state index contributed by atoms with van der Waals surface area (Å²) in [7, 11) is 0. The first-order valence-electron chi connectivity index (χ1n) is 10.8. The maximum atomic E-state index is 9.40. The van der Waals surface area contributed by atoms with Crippen molar-refractivity contribution in [2.75, 3.05) is 17.7 Å². The Kier molecular flexibility index (Phi) is 10.3. The molecule has 8 nitrogen and oxygen atoms in total. The van der Waals surface area contributed by atoms with E-state index < -0.39 is 0 Å². The number of unbranched alkanes of at least 4 members (excludes halogenated alkanes) is 1. The van der Waals surface area contributed by atoms with Gasteiger partial charge in [0.15, 0.2) is 11.6 Å². The second kappa shape index (κ2) is 12.9. The lowest BCUT2D eigenvalue weighted by molar-refractivity contribution is 0.274. The van der Waals surface area contributed by atoms with Crippen LogP contribution in [0.25, 0.3) is 0 Å². The Morgan fingerprint density at radius 3 is 2.69 bits per heavy atom. The number of anilines is 2. The van der Waals surface area contributed by atoms with Gasteiger partial charge in [-0.3, -0.25) is 0 Å². The summed E-state index contributed by atoms with van der Waals surface area (Å²) in [6.07, 6.45) is 8.92. The fourth-order valence-corrected chi connectivity index (χ4v) is 3.52. The topological polar surface area (TPSA) is 111 Å². The van der Waals surface area contributed by atoms with Gasteiger partial charge in [-0.1, -0.05) is 50.1 Å². The number of rotatable bonds is 12. The van der Waals surface area contributed by atoms with Gasteiger partial charge in [-0.05, 0) is 25.3 Å². The number of nitrogens with zero attached hydrogens (tertiary/aromatic N) is 4. The van der Waals surface area contributed by atoms with Gasteiger partial charge in [-0.15, -0.1) is 0 Å². The molecule has 0 saturated carbocycles. The summed E-state index contributed by atoms with van der Waals surface area (Å²) in [5.74, 6) is 1.24. The van der Waals surface area contributed by atoms with E-state index in [-0.39, 0.29) is 38.1 Å². The molecule has 1 aromatic carbocycles. The van der Waals surface area contributed by atoms with E-state index in [1.165, 1.54) is 5.56 Å². The van der Waals surface area contributed by atoms with Crippen LogP contribution >= 0.6 is 13.5 Å². The monoisotopic (exact) mass is 458 g/mol. The summed E-state index contributed by atoms with van der Waals surface area (Å²) in [5.41, 5.74) is 7.95. The molecule has 0 unspecified atom stereocenters.